The van der Waals surface area contributed by atoms with E-state index in [2.05, 4.69) is 5.32 Å². The molecule has 3 rings (SSSR count). The molecule has 0 aromatic heterocycles. The number of ether oxygens (including phenoxy) is 3. The lowest BCUT2D eigenvalue weighted by Crippen LogP contribution is -2.48. The second-order valence-corrected chi connectivity index (χ2v) is 9.28. The van der Waals surface area contributed by atoms with Crippen LogP contribution < -0.4 is 23.8 Å². The molecule has 0 heterocycles. The van der Waals surface area contributed by atoms with Gasteiger partial charge in [-0.05, 0) is 42.0 Å². The van der Waals surface area contributed by atoms with Gasteiger partial charge in [0.1, 0.15) is 29.9 Å². The first-order chi connectivity index (χ1) is 15.7. The minimum Gasteiger partial charge on any atom is -0.497 e. The summed E-state index contributed by atoms with van der Waals surface area (Å²) in [6.07, 6.45) is 1.04. The largest absolute Gasteiger partial charge is 0.497 e. The van der Waals surface area contributed by atoms with Crippen molar-refractivity contribution in [2.45, 2.75) is 13.0 Å². The molecule has 1 N–H and O–H groups in total. The average molecular weight is 473 g/mol. The summed E-state index contributed by atoms with van der Waals surface area (Å²) in [7, 11) is -0.903. The lowest BCUT2D eigenvalue weighted by Gasteiger charge is -2.29. The average Bonchev–Trinajstić information content (AvgIpc) is 2.80. The van der Waals surface area contributed by atoms with E-state index < -0.39 is 22.0 Å². The van der Waals surface area contributed by atoms with Crippen molar-refractivity contribution in [3.05, 3.63) is 60.7 Å². The van der Waals surface area contributed by atoms with E-state index in [9.17, 15) is 13.2 Å². The van der Waals surface area contributed by atoms with Gasteiger partial charge >= 0.3 is 0 Å². The van der Waals surface area contributed by atoms with E-state index in [1.807, 2.05) is 42.5 Å². The molecule has 0 saturated carbocycles. The van der Waals surface area contributed by atoms with Gasteiger partial charge in [0.15, 0.2) is 0 Å². The van der Waals surface area contributed by atoms with Crippen LogP contribution in [0.5, 0.6) is 17.2 Å². The number of fused-ring (bicyclic) bond motifs is 1. The Kier molecular flexibility index (Phi) is 7.65. The summed E-state index contributed by atoms with van der Waals surface area (Å²) in [6, 6.07) is 17.5. The number of nitrogens with one attached hydrogen (secondary N) is 1. The van der Waals surface area contributed by atoms with Gasteiger partial charge in [0.05, 0.1) is 32.7 Å². The van der Waals surface area contributed by atoms with Gasteiger partial charge in [0.25, 0.3) is 0 Å². The van der Waals surface area contributed by atoms with Crippen molar-refractivity contribution in [1.29, 1.82) is 0 Å². The molecule has 1 amide bonds. The summed E-state index contributed by atoms with van der Waals surface area (Å²) < 4.78 is 42.5. The number of hydrogen-bond acceptors (Lipinski definition) is 6. The molecular formula is C24H28N2O6S. The van der Waals surface area contributed by atoms with E-state index in [0.717, 1.165) is 21.3 Å². The summed E-state index contributed by atoms with van der Waals surface area (Å²) in [4.78, 5) is 12.8. The first-order valence-electron chi connectivity index (χ1n) is 10.4. The molecule has 0 bridgehead atoms. The van der Waals surface area contributed by atoms with Crippen LogP contribution in [0.25, 0.3) is 10.8 Å². The highest BCUT2D eigenvalue weighted by molar-refractivity contribution is 7.92. The summed E-state index contributed by atoms with van der Waals surface area (Å²) in [5, 5.41) is 4.91. The lowest BCUT2D eigenvalue weighted by atomic mass is 10.1. The molecule has 0 fully saturated rings. The van der Waals surface area contributed by atoms with Crippen molar-refractivity contribution in [1.82, 2.24) is 5.32 Å². The number of amides is 1. The highest BCUT2D eigenvalue weighted by atomic mass is 32.2. The van der Waals surface area contributed by atoms with Crippen molar-refractivity contribution < 1.29 is 27.4 Å². The van der Waals surface area contributed by atoms with Gasteiger partial charge in [-0.15, -0.1) is 0 Å². The van der Waals surface area contributed by atoms with Crippen molar-refractivity contribution in [3.63, 3.8) is 0 Å². The standard InChI is InChI=1S/C24H28N2O6S/c1-17(26(33(4,28)29)22-16-20(30-2)11-12-23(22)31-3)24(27)25-13-14-32-21-10-9-18-7-5-6-8-19(18)15-21/h5-12,15-17H,13-14H2,1-4H3,(H,25,27). The molecule has 8 nitrogen and oxygen atoms in total. The molecule has 9 heteroatoms. The molecule has 1 atom stereocenters. The molecule has 0 saturated heterocycles. The summed E-state index contributed by atoms with van der Waals surface area (Å²) >= 11 is 0. The highest BCUT2D eigenvalue weighted by Crippen LogP contribution is 2.35. The molecule has 176 valence electrons. The third-order valence-corrected chi connectivity index (χ3v) is 6.33. The Morgan fingerprint density at radius 1 is 0.970 bits per heavy atom. The zero-order chi connectivity index (χ0) is 24.0. The van der Waals surface area contributed by atoms with Crippen LogP contribution in [0.1, 0.15) is 6.92 Å². The Morgan fingerprint density at radius 3 is 2.33 bits per heavy atom. The molecule has 3 aromatic carbocycles. The fourth-order valence-corrected chi connectivity index (χ4v) is 4.67. The Labute approximate surface area is 194 Å². The zero-order valence-electron chi connectivity index (χ0n) is 19.1. The number of nitrogens with zero attached hydrogens (tertiary/aromatic N) is 1. The molecule has 0 aliphatic heterocycles. The summed E-state index contributed by atoms with van der Waals surface area (Å²) in [5.41, 5.74) is 0.217. The van der Waals surface area contributed by atoms with Gasteiger partial charge in [-0.3, -0.25) is 9.10 Å². The molecule has 0 aliphatic rings. The highest BCUT2D eigenvalue weighted by Gasteiger charge is 2.31. The smallest absolute Gasteiger partial charge is 0.243 e. The number of carbonyl (C=O) groups excluding carboxylic acids is 1. The van der Waals surface area contributed by atoms with E-state index >= 15 is 0 Å². The van der Waals surface area contributed by atoms with Crippen LogP contribution in [0.2, 0.25) is 0 Å². The Morgan fingerprint density at radius 2 is 1.67 bits per heavy atom. The first kappa shape index (κ1) is 24.2. The monoisotopic (exact) mass is 472 g/mol. The SMILES string of the molecule is COc1ccc(OC)c(N(C(C)C(=O)NCCOc2ccc3ccccc3c2)S(C)(=O)=O)c1. The summed E-state index contributed by atoms with van der Waals surface area (Å²) in [5.74, 6) is 0.971. The van der Waals surface area contributed by atoms with Gasteiger partial charge < -0.3 is 19.5 Å². The molecule has 3 aromatic rings. The fraction of sp³-hybridized carbons (Fsp3) is 0.292. The van der Waals surface area contributed by atoms with Crippen LogP contribution in [-0.2, 0) is 14.8 Å². The van der Waals surface area contributed by atoms with Crippen molar-refractivity contribution in [3.8, 4) is 17.2 Å². The van der Waals surface area contributed by atoms with Crippen molar-refractivity contribution in [2.24, 2.45) is 0 Å². The third-order valence-electron chi connectivity index (χ3n) is 5.10. The number of rotatable bonds is 10. The number of methoxy groups -OCH3 is 2. The van der Waals surface area contributed by atoms with Crippen molar-refractivity contribution in [2.75, 3.05) is 37.9 Å². The quantitative estimate of drug-likeness (QED) is 0.456. The van der Waals surface area contributed by atoms with E-state index in [-0.39, 0.29) is 18.8 Å². The third kappa shape index (κ3) is 5.87. The van der Waals surface area contributed by atoms with Gasteiger partial charge in [-0.1, -0.05) is 30.3 Å². The number of carbonyl (C=O) groups is 1. The predicted molar refractivity (Wildman–Crippen MR) is 129 cm³/mol. The predicted octanol–water partition coefficient (Wildman–Crippen LogP) is 3.21. The van der Waals surface area contributed by atoms with Crippen LogP contribution in [0.4, 0.5) is 5.69 Å². The summed E-state index contributed by atoms with van der Waals surface area (Å²) in [6.45, 7) is 1.96. The normalized spacial score (nSPS) is 12.1. The molecule has 0 aliphatic carbocycles. The van der Waals surface area contributed by atoms with E-state index in [1.54, 1.807) is 12.1 Å². The minimum absolute atomic E-state index is 0.211. The Bertz CT molecular complexity index is 1230. The van der Waals surface area contributed by atoms with Crippen LogP contribution in [-0.4, -0.2) is 54.0 Å². The topological polar surface area (TPSA) is 94.2 Å². The second-order valence-electron chi connectivity index (χ2n) is 7.42. The number of sulfonamides is 1. The number of benzene rings is 3. The zero-order valence-corrected chi connectivity index (χ0v) is 19.9. The molecule has 1 unspecified atom stereocenters. The minimum atomic E-state index is -3.81. The second kappa shape index (κ2) is 10.4. The fourth-order valence-electron chi connectivity index (χ4n) is 3.50. The number of hydrogen-bond donors (Lipinski definition) is 1. The van der Waals surface area contributed by atoms with Gasteiger partial charge in [-0.25, -0.2) is 8.42 Å². The maximum atomic E-state index is 12.8. The Hall–Kier alpha value is -3.46. The van der Waals surface area contributed by atoms with Crippen LogP contribution >= 0.6 is 0 Å². The van der Waals surface area contributed by atoms with Gasteiger partial charge in [-0.2, -0.15) is 0 Å². The molecule has 0 radical (unpaired) electrons. The van der Waals surface area contributed by atoms with E-state index in [0.29, 0.717) is 17.2 Å². The molecule has 33 heavy (non-hydrogen) atoms. The lowest BCUT2D eigenvalue weighted by molar-refractivity contribution is -0.121. The van der Waals surface area contributed by atoms with Gasteiger partial charge in [0, 0.05) is 6.07 Å². The molecule has 0 spiro atoms. The van der Waals surface area contributed by atoms with Crippen LogP contribution in [0.15, 0.2) is 60.7 Å². The number of anilines is 1. The van der Waals surface area contributed by atoms with E-state index in [1.165, 1.54) is 27.2 Å². The first-order valence-corrected chi connectivity index (χ1v) is 12.2. The van der Waals surface area contributed by atoms with E-state index in [4.69, 9.17) is 14.2 Å². The van der Waals surface area contributed by atoms with Crippen LogP contribution in [0.3, 0.4) is 0 Å². The van der Waals surface area contributed by atoms with Crippen LogP contribution in [0, 0.1) is 0 Å². The van der Waals surface area contributed by atoms with Crippen molar-refractivity contribution >= 4 is 32.4 Å². The van der Waals surface area contributed by atoms with Gasteiger partial charge in [0.2, 0.25) is 15.9 Å². The maximum absolute atomic E-state index is 12.8. The Balaban J connectivity index is 1.67. The molecular weight excluding hydrogens is 444 g/mol. The maximum Gasteiger partial charge on any atom is 0.243 e.